The average Bonchev–Trinajstić information content (AvgIpc) is 3.20. The zero-order chi connectivity index (χ0) is 24.7. The van der Waals surface area contributed by atoms with E-state index in [0.29, 0.717) is 21.9 Å². The van der Waals surface area contributed by atoms with E-state index < -0.39 is 23.8 Å². The van der Waals surface area contributed by atoms with Crippen molar-refractivity contribution in [3.05, 3.63) is 92.7 Å². The number of anilines is 2. The first kappa shape index (κ1) is 22.4. The molecule has 0 atom stereocenters. The third-order valence-corrected chi connectivity index (χ3v) is 5.99. The third-order valence-electron chi connectivity index (χ3n) is 5.68. The van der Waals surface area contributed by atoms with Gasteiger partial charge < -0.3 is 10.1 Å². The van der Waals surface area contributed by atoms with Gasteiger partial charge in [-0.15, -0.1) is 0 Å². The van der Waals surface area contributed by atoms with Crippen LogP contribution in [0.3, 0.4) is 0 Å². The molecule has 176 valence electrons. The summed E-state index contributed by atoms with van der Waals surface area (Å²) < 4.78 is 8.54. The number of hydrogen-bond donors (Lipinski definition) is 1. The first-order chi connectivity index (χ1) is 16.9. The van der Waals surface area contributed by atoms with Gasteiger partial charge in [-0.2, -0.15) is 5.10 Å². The Morgan fingerprint density at radius 2 is 1.83 bits per heavy atom. The van der Waals surface area contributed by atoms with Crippen molar-refractivity contribution < 1.29 is 9.53 Å². The summed E-state index contributed by atoms with van der Waals surface area (Å²) in [6, 6.07) is 17.8. The van der Waals surface area contributed by atoms with Crippen molar-refractivity contribution in [2.45, 2.75) is 6.54 Å². The van der Waals surface area contributed by atoms with Gasteiger partial charge in [0.1, 0.15) is 12.4 Å². The Labute approximate surface area is 203 Å². The van der Waals surface area contributed by atoms with Crippen LogP contribution in [-0.4, -0.2) is 32.0 Å². The third kappa shape index (κ3) is 4.06. The molecule has 5 rings (SSSR count). The van der Waals surface area contributed by atoms with Crippen molar-refractivity contribution in [2.24, 2.45) is 7.05 Å². The quantitative estimate of drug-likeness (QED) is 0.378. The molecular weight excluding hydrogens is 470 g/mol. The standard InChI is InChI=1S/C25H20ClN5O4/c1-29-13-16-10-20(18(26)11-19(16)28-29)27-22-12-23(32)30(14-24(33)35-2)25(34)31(22)21-9-5-7-15-6-3-4-8-17(15)21/h3-13,27H,14H2,1-2H3. The first-order valence-corrected chi connectivity index (χ1v) is 11.1. The smallest absolute Gasteiger partial charge is 0.337 e. The fourth-order valence-electron chi connectivity index (χ4n) is 4.05. The SMILES string of the molecule is COC(=O)Cn1c(=O)cc(Nc2cc3cn(C)nc3cc2Cl)n(-c2cccc3ccccc23)c1=O. The van der Waals surface area contributed by atoms with Crippen LogP contribution in [0.15, 0.2) is 76.4 Å². The fraction of sp³-hybridized carbons (Fsp3) is 0.120. The van der Waals surface area contributed by atoms with Crippen molar-refractivity contribution in [1.82, 2.24) is 18.9 Å². The van der Waals surface area contributed by atoms with Crippen LogP contribution in [0.5, 0.6) is 0 Å². The van der Waals surface area contributed by atoms with Crippen LogP contribution >= 0.6 is 11.6 Å². The molecular formula is C25H20ClN5O4. The van der Waals surface area contributed by atoms with Gasteiger partial charge in [0.2, 0.25) is 0 Å². The Hall–Kier alpha value is -4.37. The van der Waals surface area contributed by atoms with Crippen molar-refractivity contribution in [2.75, 3.05) is 12.4 Å². The predicted molar refractivity (Wildman–Crippen MR) is 135 cm³/mol. The van der Waals surface area contributed by atoms with Gasteiger partial charge in [-0.3, -0.25) is 14.3 Å². The van der Waals surface area contributed by atoms with E-state index in [4.69, 9.17) is 11.6 Å². The van der Waals surface area contributed by atoms with E-state index in [1.54, 1.807) is 29.9 Å². The summed E-state index contributed by atoms with van der Waals surface area (Å²) in [5.41, 5.74) is 0.389. The summed E-state index contributed by atoms with van der Waals surface area (Å²) in [6.07, 6.45) is 1.84. The normalized spacial score (nSPS) is 11.2. The van der Waals surface area contributed by atoms with Gasteiger partial charge >= 0.3 is 11.7 Å². The molecule has 35 heavy (non-hydrogen) atoms. The number of ether oxygens (including phenoxy) is 1. The second-order valence-corrected chi connectivity index (χ2v) is 8.37. The molecule has 0 bridgehead atoms. The molecule has 0 saturated carbocycles. The van der Waals surface area contributed by atoms with Crippen LogP contribution in [0.1, 0.15) is 0 Å². The lowest BCUT2D eigenvalue weighted by atomic mass is 10.1. The molecule has 0 radical (unpaired) electrons. The molecule has 5 aromatic rings. The fourth-order valence-corrected chi connectivity index (χ4v) is 4.25. The Balaban J connectivity index is 1.76. The number of aromatic nitrogens is 4. The Morgan fingerprint density at radius 1 is 1.06 bits per heavy atom. The highest BCUT2D eigenvalue weighted by Crippen LogP contribution is 2.31. The molecule has 9 nitrogen and oxygen atoms in total. The molecule has 2 heterocycles. The average molecular weight is 490 g/mol. The summed E-state index contributed by atoms with van der Waals surface area (Å²) >= 11 is 6.51. The summed E-state index contributed by atoms with van der Waals surface area (Å²) in [5.74, 6) is -0.512. The number of nitrogens with zero attached hydrogens (tertiary/aromatic N) is 4. The van der Waals surface area contributed by atoms with Gasteiger partial charge in [0, 0.05) is 30.1 Å². The maximum Gasteiger partial charge on any atom is 0.337 e. The number of carbonyl (C=O) groups excluding carboxylic acids is 1. The summed E-state index contributed by atoms with van der Waals surface area (Å²) in [4.78, 5) is 38.5. The molecule has 0 fully saturated rings. The van der Waals surface area contributed by atoms with Crippen LogP contribution < -0.4 is 16.6 Å². The highest BCUT2D eigenvalue weighted by molar-refractivity contribution is 6.34. The highest BCUT2D eigenvalue weighted by atomic mass is 35.5. The Kier molecular flexibility index (Phi) is 5.62. The van der Waals surface area contributed by atoms with E-state index in [9.17, 15) is 14.4 Å². The van der Waals surface area contributed by atoms with Gasteiger partial charge in [-0.05, 0) is 23.6 Å². The Morgan fingerprint density at radius 3 is 2.63 bits per heavy atom. The van der Waals surface area contributed by atoms with E-state index in [1.807, 2.05) is 42.6 Å². The Bertz CT molecular complexity index is 1730. The zero-order valence-corrected chi connectivity index (χ0v) is 19.6. The van der Waals surface area contributed by atoms with Crippen LogP contribution in [0.2, 0.25) is 5.02 Å². The minimum absolute atomic E-state index is 0.197. The van der Waals surface area contributed by atoms with Gasteiger partial charge in [0.05, 0.1) is 29.0 Å². The number of rotatable bonds is 5. The molecule has 0 saturated heterocycles. The molecule has 0 spiro atoms. The van der Waals surface area contributed by atoms with Crippen molar-refractivity contribution in [3.63, 3.8) is 0 Å². The number of halogens is 1. The molecule has 0 aliphatic rings. The van der Waals surface area contributed by atoms with E-state index in [0.717, 1.165) is 20.7 Å². The number of benzene rings is 3. The molecule has 0 aliphatic carbocycles. The topological polar surface area (TPSA) is 100 Å². The number of hydrogen-bond acceptors (Lipinski definition) is 6. The monoisotopic (exact) mass is 489 g/mol. The van der Waals surface area contributed by atoms with Gasteiger partial charge in [-0.25, -0.2) is 13.9 Å². The largest absolute Gasteiger partial charge is 0.468 e. The lowest BCUT2D eigenvalue weighted by molar-refractivity contribution is -0.141. The molecule has 0 aliphatic heterocycles. The number of esters is 1. The van der Waals surface area contributed by atoms with Crippen LogP contribution in [0.25, 0.3) is 27.4 Å². The van der Waals surface area contributed by atoms with Gasteiger partial charge in [0.15, 0.2) is 0 Å². The van der Waals surface area contributed by atoms with Crippen LogP contribution in [0.4, 0.5) is 11.5 Å². The lowest BCUT2D eigenvalue weighted by Crippen LogP contribution is -2.41. The summed E-state index contributed by atoms with van der Waals surface area (Å²) in [7, 11) is 3.00. The van der Waals surface area contributed by atoms with E-state index in [1.165, 1.54) is 17.7 Å². The molecule has 0 unspecified atom stereocenters. The maximum atomic E-state index is 13.6. The predicted octanol–water partition coefficient (Wildman–Crippen LogP) is 3.61. The number of fused-ring (bicyclic) bond motifs is 2. The second kappa shape index (κ2) is 8.77. The maximum absolute atomic E-state index is 13.6. The molecule has 2 aromatic heterocycles. The van der Waals surface area contributed by atoms with E-state index in [-0.39, 0.29) is 5.82 Å². The summed E-state index contributed by atoms with van der Waals surface area (Å²) in [6.45, 7) is -0.512. The van der Waals surface area contributed by atoms with Crippen LogP contribution in [-0.2, 0) is 23.1 Å². The van der Waals surface area contributed by atoms with E-state index in [2.05, 4.69) is 15.2 Å². The minimum atomic E-state index is -0.709. The number of aryl methyl sites for hydroxylation is 1. The van der Waals surface area contributed by atoms with Gasteiger partial charge in [-0.1, -0.05) is 48.0 Å². The van der Waals surface area contributed by atoms with Crippen molar-refractivity contribution in [3.8, 4) is 5.69 Å². The lowest BCUT2D eigenvalue weighted by Gasteiger charge is -2.18. The van der Waals surface area contributed by atoms with E-state index >= 15 is 0 Å². The minimum Gasteiger partial charge on any atom is -0.468 e. The molecule has 3 aromatic carbocycles. The highest BCUT2D eigenvalue weighted by Gasteiger charge is 2.18. The van der Waals surface area contributed by atoms with Crippen molar-refractivity contribution >= 4 is 50.8 Å². The first-order valence-electron chi connectivity index (χ1n) is 10.7. The number of nitrogens with one attached hydrogen (secondary N) is 1. The zero-order valence-electron chi connectivity index (χ0n) is 18.9. The van der Waals surface area contributed by atoms with Crippen LogP contribution in [0, 0.1) is 0 Å². The molecule has 0 amide bonds. The molecule has 10 heteroatoms. The second-order valence-electron chi connectivity index (χ2n) is 7.96. The number of methoxy groups -OCH3 is 1. The molecule has 1 N–H and O–H groups in total. The van der Waals surface area contributed by atoms with Gasteiger partial charge in [0.25, 0.3) is 5.56 Å². The number of carbonyl (C=O) groups is 1. The summed E-state index contributed by atoms with van der Waals surface area (Å²) in [5, 5.41) is 10.4. The van der Waals surface area contributed by atoms with Crippen molar-refractivity contribution in [1.29, 1.82) is 0 Å².